The number of nitrogens with zero attached hydrogens (tertiary/aromatic N) is 2. The second-order valence-corrected chi connectivity index (χ2v) is 4.94. The molecule has 0 spiro atoms. The lowest BCUT2D eigenvalue weighted by molar-refractivity contribution is -0.137. The van der Waals surface area contributed by atoms with Gasteiger partial charge in [-0.05, 0) is 17.7 Å². The van der Waals surface area contributed by atoms with Crippen molar-refractivity contribution in [1.29, 1.82) is 0 Å². The van der Waals surface area contributed by atoms with Crippen LogP contribution in [0.1, 0.15) is 11.1 Å². The van der Waals surface area contributed by atoms with Gasteiger partial charge in [0, 0.05) is 26.8 Å². The third-order valence-electron chi connectivity index (χ3n) is 3.20. The van der Waals surface area contributed by atoms with E-state index in [0.717, 1.165) is 12.1 Å². The summed E-state index contributed by atoms with van der Waals surface area (Å²) >= 11 is 0. The number of aromatic nitrogens is 2. The van der Waals surface area contributed by atoms with Crippen molar-refractivity contribution < 1.29 is 13.2 Å². The number of aryl methyl sites for hydroxylation is 1. The third-order valence-corrected chi connectivity index (χ3v) is 3.20. The molecule has 0 aliphatic rings. The van der Waals surface area contributed by atoms with Gasteiger partial charge in [-0.2, -0.15) is 13.2 Å². The van der Waals surface area contributed by atoms with Gasteiger partial charge in [-0.1, -0.05) is 12.1 Å². The SMILES string of the molecule is CN(Cc1ccc(C(F)(F)F)cc1)c1cn(C)c(=O)[nH]c1=O. The molecule has 8 heteroatoms. The molecule has 0 bridgehead atoms. The van der Waals surface area contributed by atoms with E-state index < -0.39 is 23.0 Å². The Labute approximate surface area is 123 Å². The van der Waals surface area contributed by atoms with Crippen LogP contribution in [-0.2, 0) is 19.8 Å². The molecule has 0 amide bonds. The van der Waals surface area contributed by atoms with E-state index in [1.54, 1.807) is 11.9 Å². The van der Waals surface area contributed by atoms with E-state index in [9.17, 15) is 22.8 Å². The maximum absolute atomic E-state index is 12.5. The van der Waals surface area contributed by atoms with Gasteiger partial charge in [0.1, 0.15) is 5.69 Å². The number of halogens is 3. The molecule has 2 rings (SSSR count). The molecule has 2 aromatic rings. The topological polar surface area (TPSA) is 58.1 Å². The number of anilines is 1. The molecular formula is C14H14F3N3O2. The summed E-state index contributed by atoms with van der Waals surface area (Å²) in [5, 5.41) is 0. The maximum atomic E-state index is 12.5. The van der Waals surface area contributed by atoms with Gasteiger partial charge in [0.15, 0.2) is 0 Å². The number of alkyl halides is 3. The molecule has 1 aromatic heterocycles. The highest BCUT2D eigenvalue weighted by Gasteiger charge is 2.29. The van der Waals surface area contributed by atoms with Crippen LogP contribution in [0.25, 0.3) is 0 Å². The summed E-state index contributed by atoms with van der Waals surface area (Å²) in [5.74, 6) is 0. The molecule has 22 heavy (non-hydrogen) atoms. The molecule has 0 unspecified atom stereocenters. The minimum Gasteiger partial charge on any atom is -0.365 e. The number of nitrogens with one attached hydrogen (secondary N) is 1. The monoisotopic (exact) mass is 313 g/mol. The Morgan fingerprint density at radius 1 is 1.18 bits per heavy atom. The van der Waals surface area contributed by atoms with Crippen LogP contribution in [0.4, 0.5) is 18.9 Å². The summed E-state index contributed by atoms with van der Waals surface area (Å²) in [5.41, 5.74) is -0.932. The fourth-order valence-corrected chi connectivity index (χ4v) is 1.98. The Bertz CT molecular complexity index is 776. The Hall–Kier alpha value is -2.51. The van der Waals surface area contributed by atoms with Crippen molar-refractivity contribution in [2.75, 3.05) is 11.9 Å². The number of hydrogen-bond acceptors (Lipinski definition) is 3. The zero-order chi connectivity index (χ0) is 16.5. The first-order valence-electron chi connectivity index (χ1n) is 6.35. The van der Waals surface area contributed by atoms with Crippen LogP contribution in [0, 0.1) is 0 Å². The molecular weight excluding hydrogens is 299 g/mol. The number of hydrogen-bond donors (Lipinski definition) is 1. The maximum Gasteiger partial charge on any atom is 0.416 e. The molecule has 0 atom stereocenters. The lowest BCUT2D eigenvalue weighted by atomic mass is 10.1. The van der Waals surface area contributed by atoms with E-state index in [1.165, 1.54) is 29.9 Å². The van der Waals surface area contributed by atoms with E-state index in [4.69, 9.17) is 0 Å². The van der Waals surface area contributed by atoms with Crippen LogP contribution in [-0.4, -0.2) is 16.6 Å². The van der Waals surface area contributed by atoms with Crippen molar-refractivity contribution >= 4 is 5.69 Å². The zero-order valence-electron chi connectivity index (χ0n) is 11.9. The second-order valence-electron chi connectivity index (χ2n) is 4.94. The van der Waals surface area contributed by atoms with Gasteiger partial charge >= 0.3 is 11.9 Å². The number of H-pyrrole nitrogens is 1. The van der Waals surface area contributed by atoms with Gasteiger partial charge < -0.3 is 9.47 Å². The summed E-state index contributed by atoms with van der Waals surface area (Å²) in [4.78, 5) is 26.8. The Morgan fingerprint density at radius 3 is 2.32 bits per heavy atom. The van der Waals surface area contributed by atoms with Gasteiger partial charge in [0.2, 0.25) is 0 Å². The summed E-state index contributed by atoms with van der Waals surface area (Å²) < 4.78 is 38.7. The first-order chi connectivity index (χ1) is 10.2. The molecule has 1 aromatic carbocycles. The number of aromatic amines is 1. The van der Waals surface area contributed by atoms with E-state index in [-0.39, 0.29) is 12.2 Å². The second kappa shape index (κ2) is 5.70. The average Bonchev–Trinajstić information content (AvgIpc) is 2.42. The molecule has 1 heterocycles. The van der Waals surface area contributed by atoms with E-state index in [1.807, 2.05) is 0 Å². The predicted molar refractivity (Wildman–Crippen MR) is 75.9 cm³/mol. The highest BCUT2D eigenvalue weighted by atomic mass is 19.4. The summed E-state index contributed by atoms with van der Waals surface area (Å²) in [6.07, 6.45) is -3.00. The van der Waals surface area contributed by atoms with Crippen molar-refractivity contribution in [3.05, 3.63) is 62.4 Å². The van der Waals surface area contributed by atoms with Crippen molar-refractivity contribution in [3.63, 3.8) is 0 Å². The summed E-state index contributed by atoms with van der Waals surface area (Å²) in [6, 6.07) is 4.70. The highest BCUT2D eigenvalue weighted by Crippen LogP contribution is 2.29. The summed E-state index contributed by atoms with van der Waals surface area (Å²) in [7, 11) is 3.11. The lowest BCUT2D eigenvalue weighted by Gasteiger charge is -2.19. The van der Waals surface area contributed by atoms with Crippen LogP contribution >= 0.6 is 0 Å². The molecule has 0 aliphatic carbocycles. The highest BCUT2D eigenvalue weighted by molar-refractivity contribution is 5.42. The normalized spacial score (nSPS) is 11.5. The van der Waals surface area contributed by atoms with Crippen molar-refractivity contribution in [1.82, 2.24) is 9.55 Å². The standard InChI is InChI=1S/C14H14F3N3O2/c1-19(11-8-20(2)13(22)18-12(11)21)7-9-3-5-10(6-4-9)14(15,16)17/h3-6,8H,7H2,1-2H3,(H,18,21,22). The number of rotatable bonds is 3. The van der Waals surface area contributed by atoms with Gasteiger partial charge in [-0.3, -0.25) is 9.78 Å². The van der Waals surface area contributed by atoms with E-state index >= 15 is 0 Å². The van der Waals surface area contributed by atoms with E-state index in [0.29, 0.717) is 5.56 Å². The van der Waals surface area contributed by atoms with Crippen LogP contribution in [0.3, 0.4) is 0 Å². The first kappa shape index (κ1) is 15.9. The van der Waals surface area contributed by atoms with Crippen LogP contribution < -0.4 is 16.1 Å². The molecule has 0 saturated carbocycles. The molecule has 0 aliphatic heterocycles. The fraction of sp³-hybridized carbons (Fsp3) is 0.286. The molecule has 0 fully saturated rings. The first-order valence-corrected chi connectivity index (χ1v) is 6.35. The van der Waals surface area contributed by atoms with Crippen LogP contribution in [0.2, 0.25) is 0 Å². The smallest absolute Gasteiger partial charge is 0.365 e. The van der Waals surface area contributed by atoms with E-state index in [2.05, 4.69) is 4.98 Å². The van der Waals surface area contributed by atoms with Gasteiger partial charge in [0.25, 0.3) is 5.56 Å². The van der Waals surface area contributed by atoms with Gasteiger partial charge in [0.05, 0.1) is 5.56 Å². The summed E-state index contributed by atoms with van der Waals surface area (Å²) in [6.45, 7) is 0.236. The molecule has 1 N–H and O–H groups in total. The minimum atomic E-state index is -4.38. The Kier molecular flexibility index (Phi) is 4.11. The molecule has 0 radical (unpaired) electrons. The Morgan fingerprint density at radius 2 is 1.77 bits per heavy atom. The van der Waals surface area contributed by atoms with Gasteiger partial charge in [-0.25, -0.2) is 4.79 Å². The van der Waals surface area contributed by atoms with Crippen molar-refractivity contribution in [2.45, 2.75) is 12.7 Å². The van der Waals surface area contributed by atoms with Crippen molar-refractivity contribution in [3.8, 4) is 0 Å². The quantitative estimate of drug-likeness (QED) is 0.939. The molecule has 0 saturated heterocycles. The average molecular weight is 313 g/mol. The lowest BCUT2D eigenvalue weighted by Crippen LogP contribution is -2.33. The zero-order valence-corrected chi connectivity index (χ0v) is 11.9. The van der Waals surface area contributed by atoms with Crippen molar-refractivity contribution in [2.24, 2.45) is 7.05 Å². The minimum absolute atomic E-state index is 0.236. The largest absolute Gasteiger partial charge is 0.416 e. The van der Waals surface area contributed by atoms with Crippen LogP contribution in [0.15, 0.2) is 40.1 Å². The van der Waals surface area contributed by atoms with Crippen LogP contribution in [0.5, 0.6) is 0 Å². The number of benzene rings is 1. The molecule has 5 nitrogen and oxygen atoms in total. The molecule has 118 valence electrons. The third kappa shape index (κ3) is 3.38. The Balaban J connectivity index is 2.22. The van der Waals surface area contributed by atoms with Gasteiger partial charge in [-0.15, -0.1) is 0 Å². The fourth-order valence-electron chi connectivity index (χ4n) is 1.98. The predicted octanol–water partition coefficient (Wildman–Crippen LogP) is 1.73.